The van der Waals surface area contributed by atoms with Crippen LogP contribution in [-0.2, 0) is 4.79 Å². The fourth-order valence-electron chi connectivity index (χ4n) is 1.42. The van der Waals surface area contributed by atoms with Crippen molar-refractivity contribution in [3.63, 3.8) is 0 Å². The number of nitrogens with one attached hydrogen (secondary N) is 1. The number of pyridine rings is 1. The summed E-state index contributed by atoms with van der Waals surface area (Å²) in [6, 6.07) is 1.65. The molecule has 0 aromatic carbocycles. The number of ether oxygens (including phenoxy) is 1. The maximum atomic E-state index is 11.6. The predicted octanol–water partition coefficient (Wildman–Crippen LogP) is 2.09. The van der Waals surface area contributed by atoms with E-state index in [2.05, 4.69) is 10.3 Å². The number of carbonyl (C=O) groups excluding carboxylic acids is 1. The van der Waals surface area contributed by atoms with Crippen LogP contribution >= 0.6 is 11.6 Å². The lowest BCUT2D eigenvalue weighted by Crippen LogP contribution is -2.40. The largest absolute Gasteiger partial charge is 0.476 e. The number of rotatable bonds is 1. The second kappa shape index (κ2) is 3.70. The average Bonchev–Trinajstić information content (AvgIpc) is 2.17. The molecule has 1 amide bonds. The van der Waals surface area contributed by atoms with Crippen LogP contribution < -0.4 is 10.1 Å². The van der Waals surface area contributed by atoms with Crippen molar-refractivity contribution >= 4 is 23.3 Å². The van der Waals surface area contributed by atoms with Gasteiger partial charge in [0.15, 0.2) is 17.7 Å². The molecule has 1 N–H and O–H groups in total. The Balaban J connectivity index is 2.34. The summed E-state index contributed by atoms with van der Waals surface area (Å²) in [5, 5.41) is 3.18. The van der Waals surface area contributed by atoms with Crippen LogP contribution in [0.1, 0.15) is 13.8 Å². The molecule has 1 atom stereocenters. The minimum atomic E-state index is -0.474. The van der Waals surface area contributed by atoms with E-state index in [9.17, 15) is 4.79 Å². The molecule has 1 unspecified atom stereocenters. The van der Waals surface area contributed by atoms with E-state index < -0.39 is 6.10 Å². The number of carbonyl (C=O) groups is 1. The van der Waals surface area contributed by atoms with E-state index in [4.69, 9.17) is 16.3 Å². The standard InChI is InChI=1S/C10H11ClN2O2/c1-5(2)8-10(14)13-9-7(15-8)3-6(11)4-12-9/h3-5,8H,1-2H3,(H,12,13,14). The Kier molecular flexibility index (Phi) is 2.52. The van der Waals surface area contributed by atoms with E-state index in [0.29, 0.717) is 16.6 Å². The molecule has 0 saturated carbocycles. The van der Waals surface area contributed by atoms with Crippen LogP contribution in [0.2, 0.25) is 5.02 Å². The highest BCUT2D eigenvalue weighted by atomic mass is 35.5. The number of anilines is 1. The summed E-state index contributed by atoms with van der Waals surface area (Å²) in [7, 11) is 0. The van der Waals surface area contributed by atoms with Crippen molar-refractivity contribution in [3.05, 3.63) is 17.3 Å². The molecule has 0 fully saturated rings. The van der Waals surface area contributed by atoms with Crippen molar-refractivity contribution in [3.8, 4) is 5.75 Å². The summed E-state index contributed by atoms with van der Waals surface area (Å²) in [4.78, 5) is 15.5. The fourth-order valence-corrected chi connectivity index (χ4v) is 1.57. The molecule has 0 radical (unpaired) electrons. The lowest BCUT2D eigenvalue weighted by molar-refractivity contribution is -0.125. The molecule has 0 saturated heterocycles. The van der Waals surface area contributed by atoms with Crippen LogP contribution in [0.4, 0.5) is 5.82 Å². The summed E-state index contributed by atoms with van der Waals surface area (Å²) < 4.78 is 5.53. The maximum Gasteiger partial charge on any atom is 0.266 e. The third-order valence-electron chi connectivity index (χ3n) is 2.18. The van der Waals surface area contributed by atoms with Crippen molar-refractivity contribution in [2.75, 3.05) is 5.32 Å². The predicted molar refractivity (Wildman–Crippen MR) is 57.1 cm³/mol. The molecule has 4 nitrogen and oxygen atoms in total. The smallest absolute Gasteiger partial charge is 0.266 e. The van der Waals surface area contributed by atoms with Crippen LogP contribution in [-0.4, -0.2) is 17.0 Å². The van der Waals surface area contributed by atoms with Gasteiger partial charge in [-0.15, -0.1) is 0 Å². The molecule has 80 valence electrons. The van der Waals surface area contributed by atoms with Crippen molar-refractivity contribution < 1.29 is 9.53 Å². The minimum Gasteiger partial charge on any atom is -0.476 e. The van der Waals surface area contributed by atoms with Crippen LogP contribution in [0.3, 0.4) is 0 Å². The number of halogens is 1. The van der Waals surface area contributed by atoms with E-state index in [1.807, 2.05) is 13.8 Å². The first-order chi connectivity index (χ1) is 7.08. The molecule has 1 aromatic heterocycles. The van der Waals surface area contributed by atoms with Gasteiger partial charge in [-0.05, 0) is 5.92 Å². The van der Waals surface area contributed by atoms with Gasteiger partial charge in [-0.1, -0.05) is 25.4 Å². The number of hydrogen-bond acceptors (Lipinski definition) is 3. The average molecular weight is 227 g/mol. The van der Waals surface area contributed by atoms with Crippen LogP contribution in [0.15, 0.2) is 12.3 Å². The molecule has 1 aromatic rings. The molecule has 0 bridgehead atoms. The summed E-state index contributed by atoms with van der Waals surface area (Å²) in [6.45, 7) is 3.85. The van der Waals surface area contributed by atoms with E-state index in [1.54, 1.807) is 6.07 Å². The lowest BCUT2D eigenvalue weighted by atomic mass is 10.1. The van der Waals surface area contributed by atoms with Crippen LogP contribution in [0.5, 0.6) is 5.75 Å². The van der Waals surface area contributed by atoms with Gasteiger partial charge in [0, 0.05) is 12.3 Å². The number of nitrogens with zero attached hydrogens (tertiary/aromatic N) is 1. The molecule has 1 aliphatic rings. The molecular formula is C10H11ClN2O2. The Bertz CT molecular complexity index is 406. The Labute approximate surface area is 92.6 Å². The Morgan fingerprint density at radius 1 is 1.60 bits per heavy atom. The zero-order valence-electron chi connectivity index (χ0n) is 8.45. The Morgan fingerprint density at radius 2 is 2.33 bits per heavy atom. The number of aromatic nitrogens is 1. The third kappa shape index (κ3) is 1.90. The minimum absolute atomic E-state index is 0.108. The van der Waals surface area contributed by atoms with Gasteiger partial charge >= 0.3 is 0 Å². The van der Waals surface area contributed by atoms with Gasteiger partial charge in [0.25, 0.3) is 5.91 Å². The first kappa shape index (κ1) is 10.2. The van der Waals surface area contributed by atoms with E-state index in [-0.39, 0.29) is 11.8 Å². The molecule has 0 spiro atoms. The first-order valence-corrected chi connectivity index (χ1v) is 5.09. The third-order valence-corrected chi connectivity index (χ3v) is 2.39. The quantitative estimate of drug-likeness (QED) is 0.798. The summed E-state index contributed by atoms with van der Waals surface area (Å²) in [5.74, 6) is 0.909. The number of hydrogen-bond donors (Lipinski definition) is 1. The van der Waals surface area contributed by atoms with Crippen molar-refractivity contribution in [1.29, 1.82) is 0 Å². The fraction of sp³-hybridized carbons (Fsp3) is 0.400. The monoisotopic (exact) mass is 226 g/mol. The Morgan fingerprint density at radius 3 is 3.00 bits per heavy atom. The SMILES string of the molecule is CC(C)C1Oc2cc(Cl)cnc2NC1=O. The van der Waals surface area contributed by atoms with E-state index in [0.717, 1.165) is 0 Å². The molecule has 5 heteroatoms. The number of fused-ring (bicyclic) bond motifs is 1. The highest BCUT2D eigenvalue weighted by Crippen LogP contribution is 2.31. The molecule has 2 rings (SSSR count). The van der Waals surface area contributed by atoms with Crippen LogP contribution in [0, 0.1) is 5.92 Å². The van der Waals surface area contributed by atoms with Gasteiger partial charge < -0.3 is 10.1 Å². The van der Waals surface area contributed by atoms with Crippen molar-refractivity contribution in [2.24, 2.45) is 5.92 Å². The highest BCUT2D eigenvalue weighted by molar-refractivity contribution is 6.30. The lowest BCUT2D eigenvalue weighted by Gasteiger charge is -2.27. The normalized spacial score (nSPS) is 19.5. The molecule has 1 aliphatic heterocycles. The maximum absolute atomic E-state index is 11.6. The van der Waals surface area contributed by atoms with E-state index in [1.165, 1.54) is 6.20 Å². The second-order valence-corrected chi connectivity index (χ2v) is 4.21. The Hall–Kier alpha value is -1.29. The highest BCUT2D eigenvalue weighted by Gasteiger charge is 2.30. The zero-order chi connectivity index (χ0) is 11.0. The molecular weight excluding hydrogens is 216 g/mol. The number of amides is 1. The summed E-state index contributed by atoms with van der Waals surface area (Å²) in [5.41, 5.74) is 0. The van der Waals surface area contributed by atoms with Gasteiger partial charge in [-0.3, -0.25) is 4.79 Å². The first-order valence-electron chi connectivity index (χ1n) is 4.71. The van der Waals surface area contributed by atoms with Crippen molar-refractivity contribution in [2.45, 2.75) is 20.0 Å². The van der Waals surface area contributed by atoms with Gasteiger partial charge in [0.05, 0.1) is 5.02 Å². The topological polar surface area (TPSA) is 51.2 Å². The van der Waals surface area contributed by atoms with Gasteiger partial charge in [0.1, 0.15) is 0 Å². The molecule has 2 heterocycles. The van der Waals surface area contributed by atoms with Gasteiger partial charge in [0.2, 0.25) is 0 Å². The van der Waals surface area contributed by atoms with Gasteiger partial charge in [-0.2, -0.15) is 0 Å². The van der Waals surface area contributed by atoms with E-state index >= 15 is 0 Å². The molecule has 15 heavy (non-hydrogen) atoms. The molecule has 0 aliphatic carbocycles. The summed E-state index contributed by atoms with van der Waals surface area (Å²) in [6.07, 6.45) is 0.998. The second-order valence-electron chi connectivity index (χ2n) is 3.77. The van der Waals surface area contributed by atoms with Gasteiger partial charge in [-0.25, -0.2) is 4.98 Å². The summed E-state index contributed by atoms with van der Waals surface area (Å²) >= 11 is 5.79. The van der Waals surface area contributed by atoms with Crippen molar-refractivity contribution in [1.82, 2.24) is 4.98 Å². The zero-order valence-corrected chi connectivity index (χ0v) is 9.21. The van der Waals surface area contributed by atoms with Crippen LogP contribution in [0.25, 0.3) is 0 Å².